The first-order chi connectivity index (χ1) is 7.45. The molecule has 1 N–H and O–H groups in total. The quantitative estimate of drug-likeness (QED) is 0.763. The molecule has 2 aromatic rings. The summed E-state index contributed by atoms with van der Waals surface area (Å²) in [7, 11) is 0. The molecule has 15 heavy (non-hydrogen) atoms. The van der Waals surface area contributed by atoms with Gasteiger partial charge in [0.2, 0.25) is 0 Å². The summed E-state index contributed by atoms with van der Waals surface area (Å²) in [5, 5.41) is 7.44. The van der Waals surface area contributed by atoms with Crippen LogP contribution >= 0.6 is 0 Å². The van der Waals surface area contributed by atoms with Crippen LogP contribution in [0, 0.1) is 0 Å². The minimum atomic E-state index is 0.945. The molecule has 2 heterocycles. The smallest absolute Gasteiger partial charge is 0.116 e. The molecule has 0 aromatic carbocycles. The topological polar surface area (TPSA) is 54.5 Å². The van der Waals surface area contributed by atoms with Gasteiger partial charge in [-0.15, -0.1) is 0 Å². The molecule has 0 fully saturated rings. The third-order valence-corrected chi connectivity index (χ3v) is 2.88. The minimum absolute atomic E-state index is 0.945. The van der Waals surface area contributed by atoms with Gasteiger partial charge in [0.1, 0.15) is 6.33 Å². The molecule has 0 amide bonds. The van der Waals surface area contributed by atoms with Crippen LogP contribution in [0.15, 0.2) is 18.6 Å². The van der Waals surface area contributed by atoms with E-state index in [4.69, 9.17) is 0 Å². The van der Waals surface area contributed by atoms with Crippen molar-refractivity contribution in [3.63, 3.8) is 0 Å². The molecule has 2 aromatic heterocycles. The van der Waals surface area contributed by atoms with Crippen LogP contribution in [0.4, 0.5) is 0 Å². The van der Waals surface area contributed by atoms with E-state index >= 15 is 0 Å². The predicted octanol–water partition coefficient (Wildman–Crippen LogP) is 1.75. The Bertz CT molecular complexity index is 461. The van der Waals surface area contributed by atoms with Crippen LogP contribution in [-0.4, -0.2) is 20.2 Å². The van der Waals surface area contributed by atoms with E-state index in [1.54, 1.807) is 12.5 Å². The number of aryl methyl sites for hydroxylation is 1. The fraction of sp³-hybridized carbons (Fsp3) is 0.364. The van der Waals surface area contributed by atoms with E-state index < -0.39 is 0 Å². The summed E-state index contributed by atoms with van der Waals surface area (Å²) >= 11 is 0. The van der Waals surface area contributed by atoms with Crippen LogP contribution in [0.1, 0.15) is 24.1 Å². The molecular formula is C11H12N4. The highest BCUT2D eigenvalue weighted by Crippen LogP contribution is 2.27. The predicted molar refractivity (Wildman–Crippen MR) is 56.3 cm³/mol. The second-order valence-corrected chi connectivity index (χ2v) is 3.83. The molecule has 0 spiro atoms. The van der Waals surface area contributed by atoms with E-state index in [1.807, 2.05) is 6.07 Å². The lowest BCUT2D eigenvalue weighted by Crippen LogP contribution is -2.01. The highest BCUT2D eigenvalue weighted by molar-refractivity contribution is 5.59. The number of fused-ring (bicyclic) bond motifs is 1. The Kier molecular flexibility index (Phi) is 1.98. The normalized spacial score (nSPS) is 14.9. The zero-order valence-corrected chi connectivity index (χ0v) is 8.40. The van der Waals surface area contributed by atoms with Gasteiger partial charge in [-0.1, -0.05) is 0 Å². The van der Waals surface area contributed by atoms with Gasteiger partial charge in [0.25, 0.3) is 0 Å². The molecule has 0 unspecified atom stereocenters. The van der Waals surface area contributed by atoms with Crippen molar-refractivity contribution in [1.82, 2.24) is 20.2 Å². The summed E-state index contributed by atoms with van der Waals surface area (Å²) in [5.41, 5.74) is 4.59. The van der Waals surface area contributed by atoms with E-state index in [2.05, 4.69) is 20.2 Å². The van der Waals surface area contributed by atoms with Crippen molar-refractivity contribution >= 4 is 0 Å². The summed E-state index contributed by atoms with van der Waals surface area (Å²) in [4.78, 5) is 8.17. The van der Waals surface area contributed by atoms with Crippen LogP contribution in [0.2, 0.25) is 0 Å². The van der Waals surface area contributed by atoms with Crippen LogP contribution in [0.3, 0.4) is 0 Å². The molecule has 3 rings (SSSR count). The highest BCUT2D eigenvalue weighted by Gasteiger charge is 2.18. The maximum absolute atomic E-state index is 4.35. The van der Waals surface area contributed by atoms with E-state index in [0.29, 0.717) is 0 Å². The van der Waals surface area contributed by atoms with Crippen LogP contribution in [-0.2, 0) is 12.8 Å². The highest BCUT2D eigenvalue weighted by atomic mass is 15.1. The van der Waals surface area contributed by atoms with Gasteiger partial charge in [0.05, 0.1) is 17.1 Å². The first kappa shape index (κ1) is 8.59. The van der Waals surface area contributed by atoms with Crippen molar-refractivity contribution in [1.29, 1.82) is 0 Å². The molecule has 1 aliphatic rings. The average molecular weight is 200 g/mol. The first-order valence-corrected chi connectivity index (χ1v) is 5.27. The maximum Gasteiger partial charge on any atom is 0.116 e. The van der Waals surface area contributed by atoms with Crippen LogP contribution < -0.4 is 0 Å². The van der Waals surface area contributed by atoms with Crippen LogP contribution in [0.25, 0.3) is 11.4 Å². The van der Waals surface area contributed by atoms with Gasteiger partial charge < -0.3 is 0 Å². The number of aromatic nitrogens is 4. The molecule has 0 radical (unpaired) electrons. The fourth-order valence-corrected chi connectivity index (χ4v) is 2.12. The number of nitrogens with zero attached hydrogens (tertiary/aromatic N) is 3. The van der Waals surface area contributed by atoms with Gasteiger partial charge in [0.15, 0.2) is 0 Å². The van der Waals surface area contributed by atoms with Crippen molar-refractivity contribution in [2.75, 3.05) is 0 Å². The molecule has 0 aliphatic heterocycles. The van der Waals surface area contributed by atoms with Gasteiger partial charge >= 0.3 is 0 Å². The number of hydrogen-bond acceptors (Lipinski definition) is 3. The Morgan fingerprint density at radius 1 is 1.20 bits per heavy atom. The van der Waals surface area contributed by atoms with Crippen LogP contribution in [0.5, 0.6) is 0 Å². The largest absolute Gasteiger partial charge is 0.276 e. The lowest BCUT2D eigenvalue weighted by Gasteiger charge is -2.10. The standard InChI is InChI=1S/C11H12N4/c1-2-4-9-8(3-1)11(15-14-9)10-5-6-12-7-13-10/h5-7H,1-4H2,(H,14,15). The zero-order valence-electron chi connectivity index (χ0n) is 8.40. The summed E-state index contributed by atoms with van der Waals surface area (Å²) in [6, 6.07) is 1.92. The number of H-pyrrole nitrogens is 1. The van der Waals surface area contributed by atoms with Crippen molar-refractivity contribution < 1.29 is 0 Å². The lowest BCUT2D eigenvalue weighted by atomic mass is 9.95. The third kappa shape index (κ3) is 1.42. The Hall–Kier alpha value is -1.71. The molecule has 0 bridgehead atoms. The van der Waals surface area contributed by atoms with Gasteiger partial charge in [-0.05, 0) is 31.7 Å². The molecule has 76 valence electrons. The fourth-order valence-electron chi connectivity index (χ4n) is 2.12. The van der Waals surface area contributed by atoms with E-state index in [1.165, 1.54) is 24.1 Å². The van der Waals surface area contributed by atoms with Gasteiger partial charge in [-0.25, -0.2) is 9.97 Å². The average Bonchev–Trinajstić information content (AvgIpc) is 2.74. The number of aromatic amines is 1. The molecule has 4 heteroatoms. The molecule has 0 saturated carbocycles. The number of rotatable bonds is 1. The Morgan fingerprint density at radius 3 is 3.00 bits per heavy atom. The Morgan fingerprint density at radius 2 is 2.13 bits per heavy atom. The molecule has 1 aliphatic carbocycles. The van der Waals surface area contributed by atoms with Gasteiger partial charge in [0, 0.05) is 11.8 Å². The molecule has 0 atom stereocenters. The lowest BCUT2D eigenvalue weighted by molar-refractivity contribution is 0.675. The summed E-state index contributed by atoms with van der Waals surface area (Å²) in [6.07, 6.45) is 8.05. The van der Waals surface area contributed by atoms with Crippen molar-refractivity contribution in [2.24, 2.45) is 0 Å². The van der Waals surface area contributed by atoms with E-state index in [-0.39, 0.29) is 0 Å². The number of hydrogen-bond donors (Lipinski definition) is 1. The van der Waals surface area contributed by atoms with Crippen molar-refractivity contribution in [3.8, 4) is 11.4 Å². The van der Waals surface area contributed by atoms with E-state index in [0.717, 1.165) is 24.2 Å². The monoisotopic (exact) mass is 200 g/mol. The second kappa shape index (κ2) is 3.46. The molecular weight excluding hydrogens is 188 g/mol. The first-order valence-electron chi connectivity index (χ1n) is 5.27. The van der Waals surface area contributed by atoms with Crippen molar-refractivity contribution in [3.05, 3.63) is 29.8 Å². The second-order valence-electron chi connectivity index (χ2n) is 3.83. The number of nitrogens with one attached hydrogen (secondary N) is 1. The third-order valence-electron chi connectivity index (χ3n) is 2.88. The van der Waals surface area contributed by atoms with Crippen molar-refractivity contribution in [2.45, 2.75) is 25.7 Å². The Balaban J connectivity index is 2.09. The molecule has 4 nitrogen and oxygen atoms in total. The van der Waals surface area contributed by atoms with Gasteiger partial charge in [-0.3, -0.25) is 5.10 Å². The SMILES string of the molecule is c1cc(-c2[nH]nc3c2CCCC3)ncn1. The van der Waals surface area contributed by atoms with Gasteiger partial charge in [-0.2, -0.15) is 5.10 Å². The van der Waals surface area contributed by atoms with E-state index in [9.17, 15) is 0 Å². The Labute approximate surface area is 87.8 Å². The maximum atomic E-state index is 4.35. The molecule has 0 saturated heterocycles. The summed E-state index contributed by atoms with van der Waals surface area (Å²) < 4.78 is 0. The summed E-state index contributed by atoms with van der Waals surface area (Å²) in [6.45, 7) is 0. The zero-order chi connectivity index (χ0) is 10.1. The summed E-state index contributed by atoms with van der Waals surface area (Å²) in [5.74, 6) is 0. The minimum Gasteiger partial charge on any atom is -0.276 e.